The Morgan fingerprint density at radius 2 is 2.26 bits per heavy atom. The number of benzene rings is 1. The molecule has 2 N–H and O–H groups in total. The van der Waals surface area contributed by atoms with Crippen LogP contribution in [0.25, 0.3) is 10.2 Å². The van der Waals surface area contributed by atoms with Crippen molar-refractivity contribution < 1.29 is 32.2 Å². The zero-order valence-electron chi connectivity index (χ0n) is 13.7. The monoisotopic (exact) mass is 464 g/mol. The Bertz CT molecular complexity index is 839. The minimum absolute atomic E-state index is 0.116. The molecule has 0 aliphatic carbocycles. The number of hydrogen-bond acceptors (Lipinski definition) is 7. The normalized spacial score (nSPS) is 18.1. The fourth-order valence-electron chi connectivity index (χ4n) is 2.30. The summed E-state index contributed by atoms with van der Waals surface area (Å²) < 4.78 is 46.8. The third-order valence-electron chi connectivity index (χ3n) is 3.45. The van der Waals surface area contributed by atoms with E-state index in [9.17, 15) is 22.8 Å². The number of amides is 1. The number of carbonyl (C=O) groups is 2. The van der Waals surface area contributed by atoms with Gasteiger partial charge in [0, 0.05) is 0 Å². The molecule has 0 saturated carbocycles. The number of ether oxygens (including phenoxy) is 2. The minimum atomic E-state index is -4.76. The van der Waals surface area contributed by atoms with Gasteiger partial charge in [-0.3, -0.25) is 0 Å². The molecule has 1 atom stereocenters. The third kappa shape index (κ3) is 5.90. The Labute approximate surface area is 162 Å². The van der Waals surface area contributed by atoms with Gasteiger partial charge in [-0.2, -0.15) is 0 Å². The summed E-state index contributed by atoms with van der Waals surface area (Å²) in [5.41, 5.74) is 0.500. The fraction of sp³-hybridized carbons (Fsp3) is 0.400. The predicted molar refractivity (Wildman–Crippen MR) is 92.3 cm³/mol. The molecule has 27 heavy (non-hydrogen) atoms. The van der Waals surface area contributed by atoms with E-state index in [1.165, 1.54) is 18.2 Å². The number of nitrogens with one attached hydrogen (secondary N) is 2. The van der Waals surface area contributed by atoms with E-state index in [1.807, 2.05) is 0 Å². The van der Waals surface area contributed by atoms with Crippen molar-refractivity contribution in [2.75, 3.05) is 26.3 Å². The molecule has 7 nitrogen and oxygen atoms in total. The van der Waals surface area contributed by atoms with Crippen LogP contribution in [0, 0.1) is 0 Å². The average Bonchev–Trinajstić information content (AvgIpc) is 3.00. The van der Waals surface area contributed by atoms with Gasteiger partial charge in [0.1, 0.15) is 0 Å². The summed E-state index contributed by atoms with van der Waals surface area (Å²) in [6.45, 7) is 1.26. The van der Waals surface area contributed by atoms with Crippen molar-refractivity contribution in [2.24, 2.45) is 0 Å². The molecule has 3 rings (SSSR count). The van der Waals surface area contributed by atoms with Gasteiger partial charge in [0.2, 0.25) is 0 Å². The summed E-state index contributed by atoms with van der Waals surface area (Å²) in [6, 6.07) is 3.36. The molecule has 2 aromatic rings. The van der Waals surface area contributed by atoms with E-state index >= 15 is 0 Å². The summed E-state index contributed by atoms with van der Waals surface area (Å²) in [5.74, 6) is -0.635. The van der Waals surface area contributed by atoms with Gasteiger partial charge in [0.15, 0.2) is 0 Å². The summed E-state index contributed by atoms with van der Waals surface area (Å²) >= 11 is 0.176. The first-order valence-corrected chi connectivity index (χ1v) is 10.5. The first kappa shape index (κ1) is 20.1. The quantitative estimate of drug-likeness (QED) is 0.593. The maximum atomic E-state index is 12.3. The number of alkyl halides is 3. The molecule has 1 unspecified atom stereocenters. The van der Waals surface area contributed by atoms with Gasteiger partial charge in [-0.15, -0.1) is 0 Å². The van der Waals surface area contributed by atoms with Crippen LogP contribution in [0.4, 0.5) is 13.2 Å². The molecule has 0 spiro atoms. The molecule has 1 aliphatic heterocycles. The van der Waals surface area contributed by atoms with E-state index in [1.54, 1.807) is 0 Å². The number of fused-ring (bicyclic) bond motifs is 1. The van der Waals surface area contributed by atoms with E-state index in [-0.39, 0.29) is 29.4 Å². The van der Waals surface area contributed by atoms with Crippen LogP contribution in [0.15, 0.2) is 18.2 Å². The molecular formula is C15H14AsF3N3O4S. The van der Waals surface area contributed by atoms with Crippen LogP contribution in [0.3, 0.4) is 0 Å². The molecule has 0 bridgehead atoms. The van der Waals surface area contributed by atoms with E-state index < -0.39 is 28.2 Å². The number of nitrogens with zero attached hydrogens (tertiary/aromatic N) is 1. The van der Waals surface area contributed by atoms with Crippen molar-refractivity contribution in [3.05, 3.63) is 18.2 Å². The van der Waals surface area contributed by atoms with Crippen LogP contribution in [0.5, 0.6) is 5.75 Å². The third-order valence-corrected chi connectivity index (χ3v) is 6.79. The standard InChI is InChI=1S/C15H14AsF3N3O4S/c17-15(18,19)26-8-1-2-9-11(5-8)27-14(22-9)16-12(23)6-21-13(24)10-7-25-4-3-20-10/h1-2,5,10,20H,3-4,6-7H2,(H,21,24). The van der Waals surface area contributed by atoms with Crippen LogP contribution in [0.1, 0.15) is 0 Å². The first-order chi connectivity index (χ1) is 12.8. The number of hydrogen-bond donors (Lipinski definition) is 2. The van der Waals surface area contributed by atoms with Gasteiger partial charge in [0.25, 0.3) is 0 Å². The molecule has 1 saturated heterocycles. The molecule has 1 amide bonds. The van der Waals surface area contributed by atoms with Crippen molar-refractivity contribution in [3.8, 4) is 5.75 Å². The second kappa shape index (κ2) is 8.55. The molecular weight excluding hydrogens is 450 g/mol. The number of halogens is 3. The summed E-state index contributed by atoms with van der Waals surface area (Å²) in [4.78, 5) is 28.3. The van der Waals surface area contributed by atoms with Crippen molar-refractivity contribution in [3.63, 3.8) is 0 Å². The fourth-order valence-corrected chi connectivity index (χ4v) is 5.63. The van der Waals surface area contributed by atoms with Gasteiger partial charge in [0.05, 0.1) is 0 Å². The Hall–Kier alpha value is -1.68. The zero-order valence-corrected chi connectivity index (χ0v) is 16.4. The Kier molecular flexibility index (Phi) is 6.36. The second-order valence-corrected chi connectivity index (χ2v) is 9.57. The van der Waals surface area contributed by atoms with Gasteiger partial charge in [-0.25, -0.2) is 0 Å². The first-order valence-electron chi connectivity index (χ1n) is 7.80. The zero-order chi connectivity index (χ0) is 19.4. The molecule has 12 heteroatoms. The number of thiazole rings is 1. The van der Waals surface area contributed by atoms with Crippen molar-refractivity contribution in [1.29, 1.82) is 0 Å². The van der Waals surface area contributed by atoms with Crippen LogP contribution < -0.4 is 19.2 Å². The molecule has 2 heterocycles. The van der Waals surface area contributed by atoms with Crippen molar-refractivity contribution in [2.45, 2.75) is 12.4 Å². The SMILES string of the molecule is O=C(CNC(=O)C1COCCN1)[As]c1nc2ccc(OC(F)(F)F)cc2s1. The molecule has 145 valence electrons. The van der Waals surface area contributed by atoms with E-state index in [2.05, 4.69) is 20.4 Å². The van der Waals surface area contributed by atoms with Gasteiger partial charge in [-0.05, 0) is 0 Å². The Morgan fingerprint density at radius 3 is 2.96 bits per heavy atom. The average molecular weight is 464 g/mol. The van der Waals surface area contributed by atoms with Crippen LogP contribution in [-0.4, -0.2) is 69.9 Å². The van der Waals surface area contributed by atoms with Gasteiger partial charge < -0.3 is 0 Å². The van der Waals surface area contributed by atoms with Crippen molar-refractivity contribution >= 4 is 51.6 Å². The molecule has 1 aromatic carbocycles. The topological polar surface area (TPSA) is 89.6 Å². The summed E-state index contributed by atoms with van der Waals surface area (Å²) in [7, 11) is 0. The van der Waals surface area contributed by atoms with E-state index in [0.29, 0.717) is 27.2 Å². The van der Waals surface area contributed by atoms with E-state index in [4.69, 9.17) is 4.74 Å². The number of carbonyl (C=O) groups excluding carboxylic acids is 2. The van der Waals surface area contributed by atoms with Crippen LogP contribution in [0.2, 0.25) is 0 Å². The number of aromatic nitrogens is 1. The molecule has 1 fully saturated rings. The second-order valence-electron chi connectivity index (χ2n) is 5.48. The van der Waals surface area contributed by atoms with E-state index in [0.717, 1.165) is 11.3 Å². The van der Waals surface area contributed by atoms with Crippen LogP contribution >= 0.6 is 11.3 Å². The molecule has 1 aromatic heterocycles. The maximum absolute atomic E-state index is 12.3. The summed E-state index contributed by atoms with van der Waals surface area (Å²) in [6.07, 6.45) is -4.76. The van der Waals surface area contributed by atoms with Gasteiger partial charge >= 0.3 is 162 Å². The Morgan fingerprint density at radius 1 is 1.44 bits per heavy atom. The molecule has 1 radical (unpaired) electrons. The summed E-state index contributed by atoms with van der Waals surface area (Å²) in [5, 5.41) is 5.55. The predicted octanol–water partition coefficient (Wildman–Crippen LogP) is 0.156. The number of morpholine rings is 1. The van der Waals surface area contributed by atoms with Crippen molar-refractivity contribution in [1.82, 2.24) is 15.6 Å². The number of rotatable bonds is 6. The molecule has 1 aliphatic rings. The van der Waals surface area contributed by atoms with Crippen LogP contribution in [-0.2, 0) is 14.3 Å². The Balaban J connectivity index is 1.55. The van der Waals surface area contributed by atoms with Gasteiger partial charge in [-0.1, -0.05) is 0 Å².